The minimum absolute atomic E-state index is 0.0131. The molecule has 0 aliphatic rings. The lowest BCUT2D eigenvalue weighted by molar-refractivity contribution is -0.122. The Morgan fingerprint density at radius 2 is 2.05 bits per heavy atom. The monoisotopic (exact) mass is 258 g/mol. The Balaban J connectivity index is 2.25. The number of carbonyl (C=O) groups excluding carboxylic acids is 1. The molecule has 0 saturated carbocycles. The maximum Gasteiger partial charge on any atom is 0.257 e. The van der Waals surface area contributed by atoms with Crippen LogP contribution in [0.5, 0.6) is 5.75 Å². The SMILES string of the molecule is CCNC(=O)COc1ccc2ccccc2c1CN. The molecule has 4 heteroatoms. The Hall–Kier alpha value is -2.07. The van der Waals surface area contributed by atoms with Crippen molar-refractivity contribution in [3.63, 3.8) is 0 Å². The van der Waals surface area contributed by atoms with Crippen molar-refractivity contribution >= 4 is 16.7 Å². The number of fused-ring (bicyclic) bond motifs is 1. The molecule has 2 rings (SSSR count). The van der Waals surface area contributed by atoms with Crippen LogP contribution in [-0.4, -0.2) is 19.1 Å². The van der Waals surface area contributed by atoms with Gasteiger partial charge in [-0.2, -0.15) is 0 Å². The Bertz CT molecular complexity index is 581. The summed E-state index contributed by atoms with van der Waals surface area (Å²) in [6.45, 7) is 2.87. The van der Waals surface area contributed by atoms with Crippen LogP contribution in [0.4, 0.5) is 0 Å². The molecule has 2 aromatic carbocycles. The maximum absolute atomic E-state index is 11.4. The van der Waals surface area contributed by atoms with Crippen LogP contribution in [0.25, 0.3) is 10.8 Å². The molecule has 0 unspecified atom stereocenters. The van der Waals surface area contributed by atoms with Gasteiger partial charge in [0.05, 0.1) is 0 Å². The third-order valence-corrected chi connectivity index (χ3v) is 2.93. The van der Waals surface area contributed by atoms with E-state index >= 15 is 0 Å². The van der Waals surface area contributed by atoms with Crippen molar-refractivity contribution in [2.24, 2.45) is 5.73 Å². The number of hydrogen-bond donors (Lipinski definition) is 2. The first-order valence-electron chi connectivity index (χ1n) is 6.36. The zero-order valence-corrected chi connectivity index (χ0v) is 11.0. The highest BCUT2D eigenvalue weighted by atomic mass is 16.5. The molecule has 0 atom stereocenters. The van der Waals surface area contributed by atoms with E-state index in [1.54, 1.807) is 0 Å². The Morgan fingerprint density at radius 1 is 1.26 bits per heavy atom. The largest absolute Gasteiger partial charge is 0.483 e. The van der Waals surface area contributed by atoms with Crippen LogP contribution in [-0.2, 0) is 11.3 Å². The Labute approximate surface area is 112 Å². The summed E-state index contributed by atoms with van der Waals surface area (Å²) in [7, 11) is 0. The molecular weight excluding hydrogens is 240 g/mol. The van der Waals surface area contributed by atoms with Gasteiger partial charge in [-0.15, -0.1) is 0 Å². The molecule has 0 radical (unpaired) electrons. The van der Waals surface area contributed by atoms with Gasteiger partial charge < -0.3 is 15.8 Å². The van der Waals surface area contributed by atoms with Crippen LogP contribution in [0.3, 0.4) is 0 Å². The van der Waals surface area contributed by atoms with Gasteiger partial charge in [0.15, 0.2) is 6.61 Å². The number of rotatable bonds is 5. The molecule has 0 heterocycles. The number of nitrogens with one attached hydrogen (secondary N) is 1. The van der Waals surface area contributed by atoms with E-state index in [0.717, 1.165) is 16.3 Å². The number of ether oxygens (including phenoxy) is 1. The van der Waals surface area contributed by atoms with E-state index in [4.69, 9.17) is 10.5 Å². The quantitative estimate of drug-likeness (QED) is 0.859. The molecule has 100 valence electrons. The highest BCUT2D eigenvalue weighted by Gasteiger charge is 2.08. The number of hydrogen-bond acceptors (Lipinski definition) is 3. The lowest BCUT2D eigenvalue weighted by Gasteiger charge is -2.12. The molecule has 0 bridgehead atoms. The van der Waals surface area contributed by atoms with Crippen molar-refractivity contribution in [3.05, 3.63) is 42.0 Å². The standard InChI is InChI=1S/C15H18N2O2/c1-2-17-15(18)10-19-14-8-7-11-5-3-4-6-12(11)13(14)9-16/h3-8H,2,9-10,16H2,1H3,(H,17,18). The highest BCUT2D eigenvalue weighted by Crippen LogP contribution is 2.27. The summed E-state index contributed by atoms with van der Waals surface area (Å²) < 4.78 is 5.56. The van der Waals surface area contributed by atoms with Crippen molar-refractivity contribution < 1.29 is 9.53 Å². The van der Waals surface area contributed by atoms with Crippen LogP contribution in [0.2, 0.25) is 0 Å². The van der Waals surface area contributed by atoms with Crippen LogP contribution in [0.1, 0.15) is 12.5 Å². The fourth-order valence-electron chi connectivity index (χ4n) is 2.05. The average Bonchev–Trinajstić information content (AvgIpc) is 2.44. The summed E-state index contributed by atoms with van der Waals surface area (Å²) >= 11 is 0. The highest BCUT2D eigenvalue weighted by molar-refractivity contribution is 5.88. The number of nitrogens with two attached hydrogens (primary N) is 1. The first-order valence-corrected chi connectivity index (χ1v) is 6.36. The number of likely N-dealkylation sites (N-methyl/N-ethyl adjacent to an activating group) is 1. The third-order valence-electron chi connectivity index (χ3n) is 2.93. The van der Waals surface area contributed by atoms with E-state index in [-0.39, 0.29) is 12.5 Å². The van der Waals surface area contributed by atoms with Crippen LogP contribution < -0.4 is 15.8 Å². The Morgan fingerprint density at radius 3 is 2.79 bits per heavy atom. The van der Waals surface area contributed by atoms with E-state index in [9.17, 15) is 4.79 Å². The lowest BCUT2D eigenvalue weighted by Crippen LogP contribution is -2.28. The fraction of sp³-hybridized carbons (Fsp3) is 0.267. The van der Waals surface area contributed by atoms with Gasteiger partial charge in [0.1, 0.15) is 5.75 Å². The van der Waals surface area contributed by atoms with Gasteiger partial charge in [-0.05, 0) is 23.8 Å². The van der Waals surface area contributed by atoms with E-state index in [1.165, 1.54) is 0 Å². The number of amides is 1. The molecule has 3 N–H and O–H groups in total. The molecule has 0 fully saturated rings. The van der Waals surface area contributed by atoms with Crippen molar-refractivity contribution in [2.75, 3.05) is 13.2 Å². The summed E-state index contributed by atoms with van der Waals surface area (Å²) in [4.78, 5) is 11.4. The zero-order chi connectivity index (χ0) is 13.7. The molecule has 0 aromatic heterocycles. The van der Waals surface area contributed by atoms with E-state index < -0.39 is 0 Å². The van der Waals surface area contributed by atoms with Crippen molar-refractivity contribution in [2.45, 2.75) is 13.5 Å². The first-order chi connectivity index (χ1) is 9.26. The van der Waals surface area contributed by atoms with Gasteiger partial charge in [-0.25, -0.2) is 0 Å². The summed E-state index contributed by atoms with van der Waals surface area (Å²) in [5.74, 6) is 0.547. The topological polar surface area (TPSA) is 64.3 Å². The maximum atomic E-state index is 11.4. The minimum Gasteiger partial charge on any atom is -0.483 e. The molecule has 19 heavy (non-hydrogen) atoms. The van der Waals surface area contributed by atoms with Gasteiger partial charge in [-0.1, -0.05) is 30.3 Å². The molecule has 1 amide bonds. The van der Waals surface area contributed by atoms with E-state index in [0.29, 0.717) is 18.8 Å². The first kappa shape index (κ1) is 13.4. The molecule has 2 aromatic rings. The fourth-order valence-corrected chi connectivity index (χ4v) is 2.05. The van der Waals surface area contributed by atoms with Gasteiger partial charge in [0, 0.05) is 18.7 Å². The number of benzene rings is 2. The average molecular weight is 258 g/mol. The normalized spacial score (nSPS) is 10.4. The molecule has 0 saturated heterocycles. The van der Waals surface area contributed by atoms with Crippen molar-refractivity contribution in [3.8, 4) is 5.75 Å². The molecular formula is C15H18N2O2. The molecule has 0 aliphatic heterocycles. The molecule has 4 nitrogen and oxygen atoms in total. The van der Waals surface area contributed by atoms with Gasteiger partial charge in [0.2, 0.25) is 0 Å². The summed E-state index contributed by atoms with van der Waals surface area (Å²) in [6, 6.07) is 11.8. The predicted molar refractivity (Wildman–Crippen MR) is 76.0 cm³/mol. The second-order valence-electron chi connectivity index (χ2n) is 4.21. The second-order valence-corrected chi connectivity index (χ2v) is 4.21. The second kappa shape index (κ2) is 6.20. The molecule has 0 aliphatic carbocycles. The summed E-state index contributed by atoms with van der Waals surface area (Å²) in [6.07, 6.45) is 0. The molecule has 0 spiro atoms. The van der Waals surface area contributed by atoms with Gasteiger partial charge in [-0.3, -0.25) is 4.79 Å². The van der Waals surface area contributed by atoms with Gasteiger partial charge in [0.25, 0.3) is 5.91 Å². The summed E-state index contributed by atoms with van der Waals surface area (Å²) in [5.41, 5.74) is 6.73. The van der Waals surface area contributed by atoms with Crippen LogP contribution in [0, 0.1) is 0 Å². The lowest BCUT2D eigenvalue weighted by atomic mass is 10.0. The smallest absolute Gasteiger partial charge is 0.257 e. The third kappa shape index (κ3) is 3.03. The van der Waals surface area contributed by atoms with Crippen LogP contribution >= 0.6 is 0 Å². The summed E-state index contributed by atoms with van der Waals surface area (Å²) in [5, 5.41) is 4.88. The number of carbonyl (C=O) groups is 1. The van der Waals surface area contributed by atoms with E-state index in [1.807, 2.05) is 43.3 Å². The van der Waals surface area contributed by atoms with Crippen molar-refractivity contribution in [1.82, 2.24) is 5.32 Å². The van der Waals surface area contributed by atoms with Crippen molar-refractivity contribution in [1.29, 1.82) is 0 Å². The minimum atomic E-state index is -0.126. The Kier molecular flexibility index (Phi) is 4.36. The van der Waals surface area contributed by atoms with E-state index in [2.05, 4.69) is 5.32 Å². The van der Waals surface area contributed by atoms with Crippen LogP contribution in [0.15, 0.2) is 36.4 Å². The zero-order valence-electron chi connectivity index (χ0n) is 11.0. The van der Waals surface area contributed by atoms with Gasteiger partial charge >= 0.3 is 0 Å². The predicted octanol–water partition coefficient (Wildman–Crippen LogP) is 1.81.